The minimum Gasteiger partial charge on any atom is -0.496 e. The minimum absolute atomic E-state index is 0.859. The van der Waals surface area contributed by atoms with E-state index in [9.17, 15) is 0 Å². The van der Waals surface area contributed by atoms with E-state index in [4.69, 9.17) is 4.74 Å². The van der Waals surface area contributed by atoms with Gasteiger partial charge in [0.2, 0.25) is 0 Å². The summed E-state index contributed by atoms with van der Waals surface area (Å²) in [6.07, 6.45) is 3.87. The monoisotopic (exact) mass is 224 g/mol. The van der Waals surface area contributed by atoms with E-state index in [0.717, 1.165) is 22.7 Å². The second kappa shape index (κ2) is 3.94. The molecule has 0 radical (unpaired) electrons. The van der Waals surface area contributed by atoms with E-state index in [2.05, 4.69) is 9.38 Å². The third kappa shape index (κ3) is 1.56. The largest absolute Gasteiger partial charge is 0.496 e. The number of imidazole rings is 1. The molecule has 0 unspecified atom stereocenters. The average molecular weight is 224 g/mol. The van der Waals surface area contributed by atoms with Gasteiger partial charge in [0, 0.05) is 11.8 Å². The molecule has 3 rings (SSSR count). The Kier molecular flexibility index (Phi) is 2.29. The van der Waals surface area contributed by atoms with E-state index >= 15 is 0 Å². The molecular formula is C14H12N2O. The molecule has 0 N–H and O–H groups in total. The molecule has 1 aromatic carbocycles. The van der Waals surface area contributed by atoms with Crippen molar-refractivity contribution in [2.45, 2.75) is 0 Å². The highest BCUT2D eigenvalue weighted by atomic mass is 16.5. The Morgan fingerprint density at radius 2 is 1.88 bits per heavy atom. The number of fused-ring (bicyclic) bond motifs is 1. The van der Waals surface area contributed by atoms with E-state index in [1.807, 2.05) is 54.9 Å². The standard InChI is InChI=1S/C14H12N2O/c1-17-13-7-3-2-6-11(13)12-10-15-14-8-4-5-9-16(12)14/h2-10H,1H3. The van der Waals surface area contributed by atoms with Crippen molar-refractivity contribution in [3.63, 3.8) is 0 Å². The van der Waals surface area contributed by atoms with E-state index in [-0.39, 0.29) is 0 Å². The number of para-hydroxylation sites is 1. The number of pyridine rings is 1. The number of hydrogen-bond acceptors (Lipinski definition) is 2. The maximum Gasteiger partial charge on any atom is 0.137 e. The number of methoxy groups -OCH3 is 1. The molecule has 3 heteroatoms. The van der Waals surface area contributed by atoms with Gasteiger partial charge in [0.15, 0.2) is 0 Å². The van der Waals surface area contributed by atoms with Gasteiger partial charge in [-0.2, -0.15) is 0 Å². The smallest absolute Gasteiger partial charge is 0.137 e. The predicted molar refractivity (Wildman–Crippen MR) is 67.2 cm³/mol. The molecular weight excluding hydrogens is 212 g/mol. The van der Waals surface area contributed by atoms with E-state index in [1.54, 1.807) is 7.11 Å². The van der Waals surface area contributed by atoms with Gasteiger partial charge < -0.3 is 4.74 Å². The summed E-state index contributed by atoms with van der Waals surface area (Å²) >= 11 is 0. The van der Waals surface area contributed by atoms with Crippen LogP contribution in [0.2, 0.25) is 0 Å². The Balaban J connectivity index is 2.27. The number of hydrogen-bond donors (Lipinski definition) is 0. The molecule has 2 heterocycles. The Hall–Kier alpha value is -2.29. The second-order valence-electron chi connectivity index (χ2n) is 3.77. The second-order valence-corrected chi connectivity index (χ2v) is 3.77. The van der Waals surface area contributed by atoms with Crippen LogP contribution in [0.25, 0.3) is 16.9 Å². The van der Waals surface area contributed by atoms with Crippen LogP contribution in [-0.4, -0.2) is 16.5 Å². The lowest BCUT2D eigenvalue weighted by molar-refractivity contribution is 0.416. The van der Waals surface area contributed by atoms with Crippen molar-refractivity contribution in [2.24, 2.45) is 0 Å². The fourth-order valence-electron chi connectivity index (χ4n) is 1.99. The quantitative estimate of drug-likeness (QED) is 0.669. The molecule has 3 nitrogen and oxygen atoms in total. The van der Waals surface area contributed by atoms with Crippen molar-refractivity contribution in [3.05, 3.63) is 54.9 Å². The highest BCUT2D eigenvalue weighted by molar-refractivity contribution is 5.69. The van der Waals surface area contributed by atoms with Crippen molar-refractivity contribution in [1.82, 2.24) is 9.38 Å². The molecule has 0 fully saturated rings. The molecule has 0 spiro atoms. The van der Waals surface area contributed by atoms with Crippen LogP contribution in [0.15, 0.2) is 54.9 Å². The fraction of sp³-hybridized carbons (Fsp3) is 0.0714. The van der Waals surface area contributed by atoms with Gasteiger partial charge in [-0.1, -0.05) is 18.2 Å². The van der Waals surface area contributed by atoms with Crippen LogP contribution >= 0.6 is 0 Å². The Labute approximate surface area is 99.3 Å². The first-order valence-corrected chi connectivity index (χ1v) is 5.45. The molecule has 2 aromatic heterocycles. The minimum atomic E-state index is 0.859. The lowest BCUT2D eigenvalue weighted by Crippen LogP contribution is -1.91. The third-order valence-corrected chi connectivity index (χ3v) is 2.80. The van der Waals surface area contributed by atoms with Gasteiger partial charge in [0.1, 0.15) is 11.4 Å². The summed E-state index contributed by atoms with van der Waals surface area (Å²) in [6, 6.07) is 13.9. The van der Waals surface area contributed by atoms with Crippen LogP contribution in [0.4, 0.5) is 0 Å². The van der Waals surface area contributed by atoms with Gasteiger partial charge in [-0.15, -0.1) is 0 Å². The number of aromatic nitrogens is 2. The van der Waals surface area contributed by atoms with Crippen molar-refractivity contribution < 1.29 is 4.74 Å². The van der Waals surface area contributed by atoms with Crippen molar-refractivity contribution >= 4 is 5.65 Å². The fourth-order valence-corrected chi connectivity index (χ4v) is 1.99. The summed E-state index contributed by atoms with van der Waals surface area (Å²) < 4.78 is 7.43. The summed E-state index contributed by atoms with van der Waals surface area (Å²) in [7, 11) is 1.68. The maximum absolute atomic E-state index is 5.38. The summed E-state index contributed by atoms with van der Waals surface area (Å²) in [5.41, 5.74) is 3.03. The zero-order valence-corrected chi connectivity index (χ0v) is 9.50. The van der Waals surface area contributed by atoms with Crippen LogP contribution in [0.3, 0.4) is 0 Å². The first kappa shape index (κ1) is 9.90. The molecule has 0 saturated heterocycles. The van der Waals surface area contributed by atoms with Crippen LogP contribution in [0.1, 0.15) is 0 Å². The molecule has 17 heavy (non-hydrogen) atoms. The van der Waals surface area contributed by atoms with Crippen molar-refractivity contribution in [2.75, 3.05) is 7.11 Å². The summed E-state index contributed by atoms with van der Waals surface area (Å²) in [4.78, 5) is 4.38. The number of ether oxygens (including phenoxy) is 1. The van der Waals surface area contributed by atoms with Crippen LogP contribution < -0.4 is 4.74 Å². The Morgan fingerprint density at radius 1 is 1.06 bits per heavy atom. The zero-order chi connectivity index (χ0) is 11.7. The van der Waals surface area contributed by atoms with E-state index in [0.29, 0.717) is 0 Å². The number of rotatable bonds is 2. The molecule has 84 valence electrons. The Morgan fingerprint density at radius 3 is 2.76 bits per heavy atom. The van der Waals surface area contributed by atoms with Crippen LogP contribution in [0.5, 0.6) is 5.75 Å². The van der Waals surface area contributed by atoms with Gasteiger partial charge in [0.25, 0.3) is 0 Å². The van der Waals surface area contributed by atoms with Crippen molar-refractivity contribution in [3.8, 4) is 17.0 Å². The van der Waals surface area contributed by atoms with Gasteiger partial charge in [-0.05, 0) is 24.3 Å². The van der Waals surface area contributed by atoms with Crippen LogP contribution in [-0.2, 0) is 0 Å². The van der Waals surface area contributed by atoms with E-state index < -0.39 is 0 Å². The van der Waals surface area contributed by atoms with Gasteiger partial charge in [-0.3, -0.25) is 4.40 Å². The molecule has 0 aliphatic carbocycles. The first-order valence-electron chi connectivity index (χ1n) is 5.45. The first-order chi connectivity index (χ1) is 8.40. The molecule has 0 atom stereocenters. The van der Waals surface area contributed by atoms with E-state index in [1.165, 1.54) is 0 Å². The lowest BCUT2D eigenvalue weighted by atomic mass is 10.1. The summed E-state index contributed by atoms with van der Waals surface area (Å²) in [6.45, 7) is 0. The van der Waals surface area contributed by atoms with Crippen molar-refractivity contribution in [1.29, 1.82) is 0 Å². The normalized spacial score (nSPS) is 10.6. The number of benzene rings is 1. The maximum atomic E-state index is 5.38. The van der Waals surface area contributed by atoms with Crippen LogP contribution in [0, 0.1) is 0 Å². The molecule has 0 aliphatic heterocycles. The highest BCUT2D eigenvalue weighted by Crippen LogP contribution is 2.29. The SMILES string of the molecule is COc1ccccc1-c1cnc2ccccn12. The van der Waals surface area contributed by atoms with Gasteiger partial charge in [-0.25, -0.2) is 4.98 Å². The zero-order valence-electron chi connectivity index (χ0n) is 9.50. The molecule has 0 bridgehead atoms. The topological polar surface area (TPSA) is 26.5 Å². The summed E-state index contributed by atoms with van der Waals surface area (Å²) in [5, 5.41) is 0. The van der Waals surface area contributed by atoms with Gasteiger partial charge >= 0.3 is 0 Å². The highest BCUT2D eigenvalue weighted by Gasteiger charge is 2.09. The molecule has 3 aromatic rings. The number of nitrogens with zero attached hydrogens (tertiary/aromatic N) is 2. The average Bonchev–Trinajstić information content (AvgIpc) is 2.82. The Bertz CT molecular complexity index is 658. The lowest BCUT2D eigenvalue weighted by Gasteiger charge is -2.07. The third-order valence-electron chi connectivity index (χ3n) is 2.80. The molecule has 0 saturated carbocycles. The predicted octanol–water partition coefficient (Wildman–Crippen LogP) is 3.01. The molecule has 0 aliphatic rings. The summed E-state index contributed by atoms with van der Waals surface area (Å²) in [5.74, 6) is 0.859. The molecule has 0 amide bonds. The van der Waals surface area contributed by atoms with Gasteiger partial charge in [0.05, 0.1) is 19.0 Å².